The number of carbonyl (C=O) groups is 1. The van der Waals surface area contributed by atoms with Crippen LogP contribution in [-0.2, 0) is 4.79 Å². The van der Waals surface area contributed by atoms with Crippen LogP contribution in [0.3, 0.4) is 0 Å². The fourth-order valence-corrected chi connectivity index (χ4v) is 9.84. The number of hydrogen-bond donors (Lipinski definition) is 3. The molecule has 0 aliphatic carbocycles. The molecule has 63 heavy (non-hydrogen) atoms. The summed E-state index contributed by atoms with van der Waals surface area (Å²) in [6.45, 7) is 4.41. The molecule has 0 spiro atoms. The molecule has 0 saturated heterocycles. The SMILES string of the molecule is CCCCCCCCCCCCCCCCCCCCCCCCCCCCCCCCC(=O)NC(CO)C(O)CCCCCCCCCCCCCCCCCCCCCCC. The van der Waals surface area contributed by atoms with Crippen molar-refractivity contribution in [2.24, 2.45) is 0 Å². The molecule has 378 valence electrons. The van der Waals surface area contributed by atoms with Crippen molar-refractivity contribution in [3.8, 4) is 0 Å². The van der Waals surface area contributed by atoms with Crippen LogP contribution in [0.1, 0.15) is 354 Å². The zero-order chi connectivity index (χ0) is 45.6. The maximum absolute atomic E-state index is 12.5. The second kappa shape index (κ2) is 55.7. The van der Waals surface area contributed by atoms with E-state index in [-0.39, 0.29) is 12.5 Å². The summed E-state index contributed by atoms with van der Waals surface area (Å²) in [7, 11) is 0. The largest absolute Gasteiger partial charge is 0.394 e. The van der Waals surface area contributed by atoms with Gasteiger partial charge in [0.05, 0.1) is 18.8 Å². The lowest BCUT2D eigenvalue weighted by Gasteiger charge is -2.22. The number of aliphatic hydroxyl groups is 2. The highest BCUT2D eigenvalue weighted by atomic mass is 16.3. The van der Waals surface area contributed by atoms with Gasteiger partial charge < -0.3 is 15.5 Å². The molecule has 0 bridgehead atoms. The molecule has 0 aromatic heterocycles. The maximum atomic E-state index is 12.5. The number of nitrogens with one attached hydrogen (secondary N) is 1. The van der Waals surface area contributed by atoms with Gasteiger partial charge in [0.15, 0.2) is 0 Å². The highest BCUT2D eigenvalue weighted by Gasteiger charge is 2.20. The van der Waals surface area contributed by atoms with Crippen LogP contribution in [0.4, 0.5) is 0 Å². The van der Waals surface area contributed by atoms with Gasteiger partial charge in [-0.25, -0.2) is 0 Å². The molecule has 1 amide bonds. The fraction of sp³-hybridized carbons (Fsp3) is 0.983. The molecule has 0 rings (SSSR count). The van der Waals surface area contributed by atoms with E-state index >= 15 is 0 Å². The smallest absolute Gasteiger partial charge is 0.220 e. The van der Waals surface area contributed by atoms with Crippen LogP contribution in [0, 0.1) is 0 Å². The average molecular weight is 891 g/mol. The third-order valence-corrected chi connectivity index (χ3v) is 14.4. The Kier molecular flexibility index (Phi) is 55.2. The van der Waals surface area contributed by atoms with Crippen molar-refractivity contribution >= 4 is 5.91 Å². The summed E-state index contributed by atoms with van der Waals surface area (Å²) in [5.41, 5.74) is 0. The highest BCUT2D eigenvalue weighted by Crippen LogP contribution is 2.19. The summed E-state index contributed by atoms with van der Waals surface area (Å²) in [4.78, 5) is 12.5. The number of carbonyl (C=O) groups excluding carboxylic acids is 1. The van der Waals surface area contributed by atoms with Gasteiger partial charge >= 0.3 is 0 Å². The van der Waals surface area contributed by atoms with Gasteiger partial charge in [-0.1, -0.05) is 335 Å². The first-order valence-corrected chi connectivity index (χ1v) is 29.7. The number of unbranched alkanes of at least 4 members (excludes halogenated alkanes) is 49. The molecule has 0 radical (unpaired) electrons. The molecular formula is C59H119NO3. The molecule has 0 aliphatic rings. The third kappa shape index (κ3) is 52.2. The predicted octanol–water partition coefficient (Wildman–Crippen LogP) is 19.5. The van der Waals surface area contributed by atoms with Crippen molar-refractivity contribution in [1.82, 2.24) is 5.32 Å². The molecule has 4 heteroatoms. The quantitative estimate of drug-likeness (QED) is 0.0533. The normalized spacial score (nSPS) is 12.6. The second-order valence-electron chi connectivity index (χ2n) is 20.8. The summed E-state index contributed by atoms with van der Waals surface area (Å²) < 4.78 is 0. The minimum atomic E-state index is -0.655. The molecule has 3 N–H and O–H groups in total. The zero-order valence-corrected chi connectivity index (χ0v) is 43.6. The third-order valence-electron chi connectivity index (χ3n) is 14.4. The summed E-state index contributed by atoms with van der Waals surface area (Å²) >= 11 is 0. The van der Waals surface area contributed by atoms with E-state index in [1.54, 1.807) is 0 Å². The fourth-order valence-electron chi connectivity index (χ4n) is 9.84. The lowest BCUT2D eigenvalue weighted by Crippen LogP contribution is -2.45. The standard InChI is InChI=1S/C59H119NO3/c1-3-5-7-9-11-13-15-17-19-21-23-25-26-27-28-29-30-31-32-33-35-37-39-41-43-45-47-49-51-53-55-59(63)60-57(56-61)58(62)54-52-50-48-46-44-42-40-38-36-34-24-22-20-18-16-14-12-10-8-6-4-2/h57-58,61-62H,3-56H2,1-2H3,(H,60,63). The van der Waals surface area contributed by atoms with Crippen molar-refractivity contribution in [3.05, 3.63) is 0 Å². The van der Waals surface area contributed by atoms with E-state index in [1.807, 2.05) is 0 Å². The lowest BCUT2D eigenvalue weighted by atomic mass is 10.0. The van der Waals surface area contributed by atoms with E-state index < -0.39 is 12.1 Å². The Morgan fingerprint density at radius 3 is 0.714 bits per heavy atom. The van der Waals surface area contributed by atoms with Gasteiger partial charge in [-0.05, 0) is 12.8 Å². The van der Waals surface area contributed by atoms with Gasteiger partial charge in [-0.3, -0.25) is 4.79 Å². The molecule has 2 atom stereocenters. The first-order valence-electron chi connectivity index (χ1n) is 29.7. The molecule has 0 aliphatic heterocycles. The summed E-state index contributed by atoms with van der Waals surface area (Å²) in [5.74, 6) is -0.0212. The predicted molar refractivity (Wildman–Crippen MR) is 281 cm³/mol. The minimum Gasteiger partial charge on any atom is -0.394 e. The Morgan fingerprint density at radius 1 is 0.317 bits per heavy atom. The Morgan fingerprint density at radius 2 is 0.508 bits per heavy atom. The molecule has 0 aromatic rings. The minimum absolute atomic E-state index is 0.0212. The highest BCUT2D eigenvalue weighted by molar-refractivity contribution is 5.76. The number of rotatable bonds is 56. The Labute approximate surface area is 397 Å². The van der Waals surface area contributed by atoms with Gasteiger partial charge in [-0.15, -0.1) is 0 Å². The maximum Gasteiger partial charge on any atom is 0.220 e. The second-order valence-corrected chi connectivity index (χ2v) is 20.8. The van der Waals surface area contributed by atoms with E-state index in [0.29, 0.717) is 12.8 Å². The van der Waals surface area contributed by atoms with Gasteiger partial charge in [0.2, 0.25) is 5.91 Å². The molecule has 4 nitrogen and oxygen atoms in total. The Hall–Kier alpha value is -0.610. The molecule has 2 unspecified atom stereocenters. The first kappa shape index (κ1) is 62.4. The van der Waals surface area contributed by atoms with Gasteiger partial charge in [0, 0.05) is 6.42 Å². The van der Waals surface area contributed by atoms with Crippen molar-refractivity contribution in [1.29, 1.82) is 0 Å². The van der Waals surface area contributed by atoms with Crippen molar-refractivity contribution < 1.29 is 15.0 Å². The van der Waals surface area contributed by atoms with E-state index in [2.05, 4.69) is 19.2 Å². The van der Waals surface area contributed by atoms with Crippen LogP contribution in [-0.4, -0.2) is 34.9 Å². The number of amides is 1. The molecule has 0 aromatic carbocycles. The number of hydrogen-bond acceptors (Lipinski definition) is 3. The Balaban J connectivity index is 3.38. The monoisotopic (exact) mass is 890 g/mol. The van der Waals surface area contributed by atoms with Crippen LogP contribution >= 0.6 is 0 Å². The van der Waals surface area contributed by atoms with Crippen LogP contribution < -0.4 is 5.32 Å². The van der Waals surface area contributed by atoms with Crippen LogP contribution in [0.5, 0.6) is 0 Å². The van der Waals surface area contributed by atoms with Crippen molar-refractivity contribution in [2.45, 2.75) is 366 Å². The van der Waals surface area contributed by atoms with E-state index in [0.717, 1.165) is 25.7 Å². The summed E-state index contributed by atoms with van der Waals surface area (Å²) in [5, 5.41) is 23.4. The summed E-state index contributed by atoms with van der Waals surface area (Å²) in [6, 6.07) is -0.531. The van der Waals surface area contributed by atoms with Crippen LogP contribution in [0.2, 0.25) is 0 Å². The van der Waals surface area contributed by atoms with Gasteiger partial charge in [-0.2, -0.15) is 0 Å². The van der Waals surface area contributed by atoms with Gasteiger partial charge in [0.1, 0.15) is 0 Å². The molecule has 0 saturated carbocycles. The Bertz CT molecular complexity index is 834. The zero-order valence-electron chi connectivity index (χ0n) is 43.6. The van der Waals surface area contributed by atoms with E-state index in [4.69, 9.17) is 0 Å². The molecule has 0 fully saturated rings. The first-order chi connectivity index (χ1) is 31.2. The lowest BCUT2D eigenvalue weighted by molar-refractivity contribution is -0.123. The topological polar surface area (TPSA) is 69.6 Å². The van der Waals surface area contributed by atoms with Crippen molar-refractivity contribution in [3.63, 3.8) is 0 Å². The molecular weight excluding hydrogens is 771 g/mol. The van der Waals surface area contributed by atoms with Crippen LogP contribution in [0.25, 0.3) is 0 Å². The summed E-state index contributed by atoms with van der Waals surface area (Å²) in [6.07, 6.45) is 71.1. The van der Waals surface area contributed by atoms with E-state index in [1.165, 1.54) is 302 Å². The van der Waals surface area contributed by atoms with Gasteiger partial charge in [0.25, 0.3) is 0 Å². The molecule has 0 heterocycles. The van der Waals surface area contributed by atoms with Crippen LogP contribution in [0.15, 0.2) is 0 Å². The number of aliphatic hydroxyl groups excluding tert-OH is 2. The van der Waals surface area contributed by atoms with E-state index in [9.17, 15) is 15.0 Å². The van der Waals surface area contributed by atoms with Crippen molar-refractivity contribution in [2.75, 3.05) is 6.61 Å². The average Bonchev–Trinajstić information content (AvgIpc) is 3.29.